The number of ether oxygens (including phenoxy) is 3. The van der Waals surface area contributed by atoms with Crippen molar-refractivity contribution >= 4 is 23.9 Å². The van der Waals surface area contributed by atoms with E-state index in [1.165, 1.54) is 6.92 Å². The molecule has 0 bridgehead atoms. The quantitative estimate of drug-likeness (QED) is 0.231. The number of aliphatic carboxylic acids is 1. The highest BCUT2D eigenvalue weighted by Gasteiger charge is 2.23. The van der Waals surface area contributed by atoms with E-state index in [-0.39, 0.29) is 0 Å². The number of nitriles is 1. The third-order valence-electron chi connectivity index (χ3n) is 2.86. The Kier molecular flexibility index (Phi) is 19.2. The number of methoxy groups -OCH3 is 1. The van der Waals surface area contributed by atoms with Crippen molar-refractivity contribution < 1.29 is 43.1 Å². The van der Waals surface area contributed by atoms with Crippen LogP contribution in [0.3, 0.4) is 0 Å². The Morgan fingerprint density at radius 2 is 1.38 bits per heavy atom. The number of carboxylic acids is 1. The molecular weight excluding hydrogens is 486 g/mol. The number of rotatable bonds is 0. The highest BCUT2D eigenvalue weighted by molar-refractivity contribution is 6.29. The third-order valence-corrected chi connectivity index (χ3v) is 2.86. The van der Waals surface area contributed by atoms with Gasteiger partial charge in [0.15, 0.2) is 0 Å². The van der Waals surface area contributed by atoms with Gasteiger partial charge in [0.25, 0.3) is 0 Å². The van der Waals surface area contributed by atoms with Crippen LogP contribution in [0.15, 0.2) is 37.4 Å². The van der Waals surface area contributed by atoms with Crippen LogP contribution >= 0.6 is 0 Å². The van der Waals surface area contributed by atoms with Gasteiger partial charge in [-0.25, -0.2) is 33.3 Å². The monoisotopic (exact) mass is 526 g/mol. The lowest BCUT2D eigenvalue weighted by atomic mass is 10.2. The minimum Gasteiger partial charge on any atom is -0.473 e. The molecule has 2 aromatic heterocycles. The van der Waals surface area contributed by atoms with Crippen molar-refractivity contribution in [2.24, 2.45) is 21.1 Å². The average Bonchev–Trinajstić information content (AvgIpc) is 3.37. The molecule has 2 rings (SSSR count). The van der Waals surface area contributed by atoms with E-state index < -0.39 is 35.1 Å². The molecule has 208 valence electrons. The molecule has 13 nitrogen and oxygen atoms in total. The molecule has 2 heterocycles. The number of aromatic nitrogens is 4. The molecule has 0 saturated carbocycles. The molecular formula is C24H40N5O8+. The Hall–Kier alpha value is -4.21. The summed E-state index contributed by atoms with van der Waals surface area (Å²) in [6, 6.07) is 1.75. The summed E-state index contributed by atoms with van der Waals surface area (Å²) in [6.07, 6.45) is 11.4. The lowest BCUT2D eigenvalue weighted by Crippen LogP contribution is -2.29. The standard InChI is InChI=1S/C7H12O4.C6H10O4.C5H9N2.C4H6N2.C2H3N/c1-7(2,3)11-6(9)5(8)10-4;1-6(2,3)10-5(9)4(7)8;1-6-3-4-7(2)5-6;1-6-3-2-5-4-6;1-2-3/h1-4H3;1-3H3,(H,7,8);3-5H,1-2H3;2-4H,1H3;1H3/q;;+1;;. The second-order valence-corrected chi connectivity index (χ2v) is 9.00. The minimum atomic E-state index is -1.56. The largest absolute Gasteiger partial charge is 0.473 e. The van der Waals surface area contributed by atoms with Gasteiger partial charge in [-0.05, 0) is 41.5 Å². The van der Waals surface area contributed by atoms with E-state index in [1.54, 1.807) is 60.1 Å². The van der Waals surface area contributed by atoms with Crippen LogP contribution in [-0.2, 0) is 54.5 Å². The molecule has 13 heteroatoms. The number of carbonyl (C=O) groups is 4. The molecule has 0 amide bonds. The number of hydrogen-bond acceptors (Lipinski definition) is 9. The second-order valence-electron chi connectivity index (χ2n) is 9.00. The summed E-state index contributed by atoms with van der Waals surface area (Å²) in [5.74, 6) is -4.71. The molecule has 0 radical (unpaired) electrons. The Labute approximate surface area is 218 Å². The van der Waals surface area contributed by atoms with Crippen LogP contribution in [0, 0.1) is 11.3 Å². The number of aryl methyl sites for hydroxylation is 3. The smallest absolute Gasteiger partial charge is 0.417 e. The zero-order valence-corrected chi connectivity index (χ0v) is 23.5. The van der Waals surface area contributed by atoms with E-state index in [2.05, 4.69) is 19.2 Å². The zero-order chi connectivity index (χ0) is 29.8. The summed E-state index contributed by atoms with van der Waals surface area (Å²) in [5.41, 5.74) is -1.37. The molecule has 0 fully saturated rings. The van der Waals surface area contributed by atoms with Crippen molar-refractivity contribution in [3.8, 4) is 6.07 Å². The first-order valence-electron chi connectivity index (χ1n) is 10.8. The van der Waals surface area contributed by atoms with Crippen molar-refractivity contribution in [1.82, 2.24) is 14.1 Å². The Bertz CT molecular complexity index is 962. The maximum Gasteiger partial charge on any atom is 0.417 e. The number of carbonyl (C=O) groups excluding carboxylic acids is 3. The molecule has 0 aliphatic rings. The van der Waals surface area contributed by atoms with Crippen LogP contribution in [0.4, 0.5) is 0 Å². The summed E-state index contributed by atoms with van der Waals surface area (Å²) >= 11 is 0. The topological polar surface area (TPSA) is 167 Å². The SMILES string of the molecule is CC#N.CC(C)(C)OC(=O)C(=O)O.COC(=O)C(=O)OC(C)(C)C.Cn1cc[n+](C)c1.Cn1ccnc1. The first-order chi connectivity index (χ1) is 16.8. The van der Waals surface area contributed by atoms with Crippen LogP contribution in [0.2, 0.25) is 0 Å². The third kappa shape index (κ3) is 27.9. The molecule has 0 aliphatic carbocycles. The number of imidazole rings is 2. The Balaban J connectivity index is -0.000000409. The molecule has 0 spiro atoms. The molecule has 0 aromatic carbocycles. The minimum absolute atomic E-state index is 0.648. The molecule has 2 aromatic rings. The van der Waals surface area contributed by atoms with E-state index >= 15 is 0 Å². The van der Waals surface area contributed by atoms with Crippen LogP contribution < -0.4 is 4.57 Å². The van der Waals surface area contributed by atoms with Crippen LogP contribution in [0.1, 0.15) is 48.5 Å². The van der Waals surface area contributed by atoms with Gasteiger partial charge >= 0.3 is 23.9 Å². The van der Waals surface area contributed by atoms with Crippen LogP contribution in [-0.4, -0.2) is 61.4 Å². The summed E-state index contributed by atoms with van der Waals surface area (Å²) in [7, 11) is 7.07. The first kappa shape index (κ1) is 37.3. The van der Waals surface area contributed by atoms with Gasteiger partial charge < -0.3 is 23.9 Å². The molecule has 0 saturated heterocycles. The first-order valence-corrected chi connectivity index (χ1v) is 10.8. The maximum atomic E-state index is 10.7. The van der Waals surface area contributed by atoms with Crippen LogP contribution in [0.5, 0.6) is 0 Å². The Morgan fingerprint density at radius 1 is 0.919 bits per heavy atom. The van der Waals surface area contributed by atoms with Crippen molar-refractivity contribution in [1.29, 1.82) is 5.26 Å². The van der Waals surface area contributed by atoms with Crippen molar-refractivity contribution in [3.63, 3.8) is 0 Å². The maximum absolute atomic E-state index is 10.7. The fourth-order valence-electron chi connectivity index (χ4n) is 1.63. The summed E-state index contributed by atoms with van der Waals surface area (Å²) in [5, 5.41) is 15.4. The molecule has 0 atom stereocenters. The summed E-state index contributed by atoms with van der Waals surface area (Å²) in [4.78, 5) is 45.2. The predicted molar refractivity (Wildman–Crippen MR) is 132 cm³/mol. The fourth-order valence-corrected chi connectivity index (χ4v) is 1.63. The van der Waals surface area contributed by atoms with Gasteiger partial charge in [-0.2, -0.15) is 5.26 Å². The van der Waals surface area contributed by atoms with E-state index in [9.17, 15) is 19.2 Å². The van der Waals surface area contributed by atoms with Gasteiger partial charge in [0.2, 0.25) is 6.33 Å². The Morgan fingerprint density at radius 3 is 1.54 bits per heavy atom. The van der Waals surface area contributed by atoms with Crippen molar-refractivity contribution in [3.05, 3.63) is 37.4 Å². The van der Waals surface area contributed by atoms with Gasteiger partial charge in [0, 0.05) is 26.4 Å². The zero-order valence-electron chi connectivity index (χ0n) is 23.5. The van der Waals surface area contributed by atoms with Gasteiger partial charge in [-0.1, -0.05) is 0 Å². The van der Waals surface area contributed by atoms with E-state index in [1.807, 2.05) is 59.8 Å². The number of nitrogens with zero attached hydrogens (tertiary/aromatic N) is 5. The lowest BCUT2D eigenvalue weighted by Gasteiger charge is -2.17. The van der Waals surface area contributed by atoms with Crippen molar-refractivity contribution in [2.45, 2.75) is 59.7 Å². The van der Waals surface area contributed by atoms with E-state index in [4.69, 9.17) is 10.4 Å². The van der Waals surface area contributed by atoms with Crippen LogP contribution in [0.25, 0.3) is 0 Å². The average molecular weight is 527 g/mol. The fraction of sp³-hybridized carbons (Fsp3) is 0.542. The van der Waals surface area contributed by atoms with E-state index in [0.717, 1.165) is 7.11 Å². The van der Waals surface area contributed by atoms with Gasteiger partial charge in [0.1, 0.15) is 23.6 Å². The summed E-state index contributed by atoms with van der Waals surface area (Å²) < 4.78 is 19.2. The van der Waals surface area contributed by atoms with Gasteiger partial charge in [-0.3, -0.25) is 0 Å². The second kappa shape index (κ2) is 19.0. The summed E-state index contributed by atoms with van der Waals surface area (Å²) in [6.45, 7) is 11.3. The van der Waals surface area contributed by atoms with Crippen molar-refractivity contribution in [2.75, 3.05) is 7.11 Å². The van der Waals surface area contributed by atoms with Gasteiger partial charge in [-0.15, -0.1) is 0 Å². The molecule has 0 aliphatic heterocycles. The number of carboxylic acid groups (broad SMARTS) is 1. The lowest BCUT2D eigenvalue weighted by molar-refractivity contribution is -0.670. The molecule has 37 heavy (non-hydrogen) atoms. The predicted octanol–water partition coefficient (Wildman–Crippen LogP) is 1.71. The number of esters is 3. The molecule has 1 N–H and O–H groups in total. The normalized spacial score (nSPS) is 9.46. The number of hydrogen-bond donors (Lipinski definition) is 1. The molecule has 0 unspecified atom stereocenters. The van der Waals surface area contributed by atoms with Gasteiger partial charge in [0.05, 0.1) is 33.6 Å². The highest BCUT2D eigenvalue weighted by atomic mass is 16.6. The highest BCUT2D eigenvalue weighted by Crippen LogP contribution is 2.07. The van der Waals surface area contributed by atoms with E-state index in [0.29, 0.717) is 0 Å².